The Hall–Kier alpha value is -1.83. The maximum Gasteiger partial charge on any atom is 0.223 e. The van der Waals surface area contributed by atoms with Crippen molar-refractivity contribution in [3.8, 4) is 0 Å². The molecule has 8 heteroatoms. The van der Waals surface area contributed by atoms with Crippen LogP contribution in [-0.4, -0.2) is 51.5 Å². The highest BCUT2D eigenvalue weighted by molar-refractivity contribution is 7.98. The first-order valence-corrected chi connectivity index (χ1v) is 10.8. The molecule has 4 rings (SSSR count). The Morgan fingerprint density at radius 3 is 2.73 bits per heavy atom. The summed E-state index contributed by atoms with van der Waals surface area (Å²) in [6, 6.07) is 0. The van der Waals surface area contributed by atoms with Gasteiger partial charge in [0.1, 0.15) is 5.82 Å². The van der Waals surface area contributed by atoms with Gasteiger partial charge in [-0.3, -0.25) is 4.79 Å². The van der Waals surface area contributed by atoms with Crippen LogP contribution in [-0.2, 0) is 11.3 Å². The highest BCUT2D eigenvalue weighted by Crippen LogP contribution is 2.29. The zero-order chi connectivity index (χ0) is 17.9. The van der Waals surface area contributed by atoms with Gasteiger partial charge in [-0.05, 0) is 31.9 Å². The number of carbonyl (C=O) groups is 1. The van der Waals surface area contributed by atoms with E-state index in [1.165, 1.54) is 25.7 Å². The van der Waals surface area contributed by atoms with Crippen LogP contribution in [0.5, 0.6) is 0 Å². The summed E-state index contributed by atoms with van der Waals surface area (Å²) in [5.74, 6) is 1.39. The quantitative estimate of drug-likeness (QED) is 0.618. The summed E-state index contributed by atoms with van der Waals surface area (Å²) in [5, 5.41) is 9.37. The zero-order valence-corrected chi connectivity index (χ0v) is 16.1. The molecular formula is C18H26N6OS. The van der Waals surface area contributed by atoms with Crippen molar-refractivity contribution in [1.29, 1.82) is 0 Å². The predicted molar refractivity (Wildman–Crippen MR) is 104 cm³/mol. The Labute approximate surface area is 157 Å². The Morgan fingerprint density at radius 1 is 1.23 bits per heavy atom. The fourth-order valence-electron chi connectivity index (χ4n) is 3.96. The molecule has 2 fully saturated rings. The number of hydrogen-bond acceptors (Lipinski definition) is 6. The molecule has 0 spiro atoms. The largest absolute Gasteiger partial charge is 0.356 e. The molecule has 0 unspecified atom stereocenters. The Balaban J connectivity index is 1.50. The van der Waals surface area contributed by atoms with Crippen LogP contribution in [0, 0.1) is 5.92 Å². The maximum absolute atomic E-state index is 12.2. The molecule has 1 aliphatic carbocycles. The highest BCUT2D eigenvalue weighted by atomic mass is 32.2. The lowest BCUT2D eigenvalue weighted by molar-refractivity contribution is -0.124. The van der Waals surface area contributed by atoms with Gasteiger partial charge >= 0.3 is 0 Å². The molecule has 1 saturated carbocycles. The molecule has 0 aromatic carbocycles. The third-order valence-electron chi connectivity index (χ3n) is 5.39. The summed E-state index contributed by atoms with van der Waals surface area (Å²) in [6.07, 6.45) is 10.7. The van der Waals surface area contributed by atoms with E-state index in [9.17, 15) is 4.79 Å². The minimum Gasteiger partial charge on any atom is -0.356 e. The van der Waals surface area contributed by atoms with Crippen LogP contribution in [0.3, 0.4) is 0 Å². The summed E-state index contributed by atoms with van der Waals surface area (Å²) in [5.41, 5.74) is 0.862. The van der Waals surface area contributed by atoms with Crippen LogP contribution in [0.2, 0.25) is 0 Å². The second-order valence-corrected chi connectivity index (χ2v) is 7.88. The third kappa shape index (κ3) is 3.51. The SMILES string of the molecule is CSc1nc(N2CCCC2)c2cnn(CCNC(=O)C3CCCC3)c2n1. The highest BCUT2D eigenvalue weighted by Gasteiger charge is 2.23. The van der Waals surface area contributed by atoms with Crippen molar-refractivity contribution < 1.29 is 4.79 Å². The minimum absolute atomic E-state index is 0.191. The number of amides is 1. The van der Waals surface area contributed by atoms with Gasteiger partial charge in [0, 0.05) is 25.6 Å². The number of aromatic nitrogens is 4. The predicted octanol–water partition coefficient (Wildman–Crippen LogP) is 2.45. The fraction of sp³-hybridized carbons (Fsp3) is 0.667. The normalized spacial score (nSPS) is 18.1. The molecule has 0 bridgehead atoms. The molecule has 1 N–H and O–H groups in total. The molecule has 26 heavy (non-hydrogen) atoms. The summed E-state index contributed by atoms with van der Waals surface area (Å²) < 4.78 is 1.89. The lowest BCUT2D eigenvalue weighted by Crippen LogP contribution is -2.32. The standard InChI is InChI=1S/C18H26N6OS/c1-26-18-21-15(23-9-4-5-10-23)14-12-20-24(16(14)22-18)11-8-19-17(25)13-6-2-3-7-13/h12-13H,2-11H2,1H3,(H,19,25). The topological polar surface area (TPSA) is 75.9 Å². The molecule has 2 aromatic rings. The van der Waals surface area contributed by atoms with Crippen LogP contribution < -0.4 is 10.2 Å². The van der Waals surface area contributed by atoms with Crippen LogP contribution in [0.1, 0.15) is 38.5 Å². The van der Waals surface area contributed by atoms with Crippen molar-refractivity contribution in [2.24, 2.45) is 5.92 Å². The van der Waals surface area contributed by atoms with E-state index >= 15 is 0 Å². The van der Waals surface area contributed by atoms with E-state index < -0.39 is 0 Å². The van der Waals surface area contributed by atoms with E-state index in [-0.39, 0.29) is 11.8 Å². The van der Waals surface area contributed by atoms with Crippen molar-refractivity contribution in [1.82, 2.24) is 25.1 Å². The zero-order valence-electron chi connectivity index (χ0n) is 15.3. The van der Waals surface area contributed by atoms with Gasteiger partial charge in [-0.1, -0.05) is 24.6 Å². The monoisotopic (exact) mass is 374 g/mol. The maximum atomic E-state index is 12.2. The number of thioether (sulfide) groups is 1. The molecule has 3 heterocycles. The van der Waals surface area contributed by atoms with E-state index in [1.807, 2.05) is 17.1 Å². The van der Waals surface area contributed by atoms with Gasteiger partial charge in [0.25, 0.3) is 0 Å². The molecule has 0 radical (unpaired) electrons. The number of nitrogens with zero attached hydrogens (tertiary/aromatic N) is 5. The van der Waals surface area contributed by atoms with Gasteiger partial charge in [0.05, 0.1) is 18.1 Å². The van der Waals surface area contributed by atoms with E-state index in [1.54, 1.807) is 11.8 Å². The minimum atomic E-state index is 0.191. The van der Waals surface area contributed by atoms with E-state index in [2.05, 4.69) is 20.3 Å². The molecule has 2 aromatic heterocycles. The number of hydrogen-bond donors (Lipinski definition) is 1. The summed E-state index contributed by atoms with van der Waals surface area (Å²) in [7, 11) is 0. The van der Waals surface area contributed by atoms with Crippen molar-refractivity contribution in [3.05, 3.63) is 6.20 Å². The average Bonchev–Trinajstić information content (AvgIpc) is 3.41. The third-order valence-corrected chi connectivity index (χ3v) is 5.94. The lowest BCUT2D eigenvalue weighted by atomic mass is 10.1. The molecule has 1 aliphatic heterocycles. The average molecular weight is 375 g/mol. The van der Waals surface area contributed by atoms with Crippen LogP contribution in [0.25, 0.3) is 11.0 Å². The summed E-state index contributed by atoms with van der Waals surface area (Å²) >= 11 is 1.55. The van der Waals surface area contributed by atoms with Gasteiger partial charge in [0.2, 0.25) is 5.91 Å². The van der Waals surface area contributed by atoms with Crippen molar-refractivity contribution in [2.45, 2.75) is 50.2 Å². The van der Waals surface area contributed by atoms with Gasteiger partial charge in [0.15, 0.2) is 10.8 Å². The Kier molecular flexibility index (Phi) is 5.28. The number of nitrogens with one attached hydrogen (secondary N) is 1. The van der Waals surface area contributed by atoms with E-state index in [4.69, 9.17) is 4.98 Å². The first-order chi connectivity index (χ1) is 12.8. The van der Waals surface area contributed by atoms with Crippen molar-refractivity contribution in [2.75, 3.05) is 30.8 Å². The Bertz CT molecular complexity index is 779. The molecule has 1 amide bonds. The number of anilines is 1. The van der Waals surface area contributed by atoms with Gasteiger partial charge < -0.3 is 10.2 Å². The smallest absolute Gasteiger partial charge is 0.223 e. The number of carbonyl (C=O) groups excluding carboxylic acids is 1. The number of rotatable bonds is 6. The lowest BCUT2D eigenvalue weighted by Gasteiger charge is -2.17. The first-order valence-electron chi connectivity index (χ1n) is 9.56. The van der Waals surface area contributed by atoms with Crippen molar-refractivity contribution in [3.63, 3.8) is 0 Å². The second-order valence-electron chi connectivity index (χ2n) is 7.11. The Morgan fingerprint density at radius 2 is 2.00 bits per heavy atom. The van der Waals surface area contributed by atoms with E-state index in [0.29, 0.717) is 13.1 Å². The summed E-state index contributed by atoms with van der Waals surface area (Å²) in [6.45, 7) is 3.31. The molecular weight excluding hydrogens is 348 g/mol. The fourth-order valence-corrected chi connectivity index (χ4v) is 4.32. The molecule has 2 aliphatic rings. The van der Waals surface area contributed by atoms with Gasteiger partial charge in [-0.15, -0.1) is 0 Å². The van der Waals surface area contributed by atoms with Gasteiger partial charge in [-0.25, -0.2) is 14.6 Å². The van der Waals surface area contributed by atoms with Crippen molar-refractivity contribution >= 4 is 34.5 Å². The van der Waals surface area contributed by atoms with Crippen LogP contribution in [0.4, 0.5) is 5.82 Å². The van der Waals surface area contributed by atoms with Gasteiger partial charge in [-0.2, -0.15) is 5.10 Å². The first kappa shape index (κ1) is 17.6. The summed E-state index contributed by atoms with van der Waals surface area (Å²) in [4.78, 5) is 23.9. The molecule has 140 valence electrons. The molecule has 7 nitrogen and oxygen atoms in total. The second kappa shape index (κ2) is 7.82. The molecule has 0 atom stereocenters. The molecule has 1 saturated heterocycles. The van der Waals surface area contributed by atoms with Crippen LogP contribution in [0.15, 0.2) is 11.4 Å². The van der Waals surface area contributed by atoms with E-state index in [0.717, 1.165) is 47.9 Å². The van der Waals surface area contributed by atoms with Crippen LogP contribution >= 0.6 is 11.8 Å². The number of fused-ring (bicyclic) bond motifs is 1.